The standard InChI is InChI=1S/C38H44N4/c1-23(2)29-16-12-17-30(24(3)4)37(29)42(34-18-11-8-13-26(34)6)28-21-27-14-9-10-15-31(27)32(22-28)38-40-36-33(39)19-25(5)20-35(36)41(38)7/h8,11-13,16-24H,9-10,14-15,39H2,1-7H3. The van der Waals surface area contributed by atoms with E-state index in [9.17, 15) is 0 Å². The molecule has 4 aromatic carbocycles. The van der Waals surface area contributed by atoms with Crippen molar-refractivity contribution in [3.63, 3.8) is 0 Å². The maximum Gasteiger partial charge on any atom is 0.141 e. The number of benzene rings is 4. The van der Waals surface area contributed by atoms with Gasteiger partial charge in [0.25, 0.3) is 0 Å². The zero-order chi connectivity index (χ0) is 29.7. The molecular weight excluding hydrogens is 512 g/mol. The number of para-hydroxylation sites is 2. The molecule has 1 aromatic heterocycles. The number of rotatable bonds is 6. The van der Waals surface area contributed by atoms with E-state index >= 15 is 0 Å². The average molecular weight is 557 g/mol. The van der Waals surface area contributed by atoms with E-state index < -0.39 is 0 Å². The largest absolute Gasteiger partial charge is 0.397 e. The van der Waals surface area contributed by atoms with Gasteiger partial charge in [-0.05, 0) is 115 Å². The van der Waals surface area contributed by atoms with E-state index in [0.29, 0.717) is 11.8 Å². The summed E-state index contributed by atoms with van der Waals surface area (Å²) in [6.45, 7) is 13.6. The Morgan fingerprint density at radius 3 is 2.21 bits per heavy atom. The minimum atomic E-state index is 0.383. The number of aromatic nitrogens is 2. The lowest BCUT2D eigenvalue weighted by Gasteiger charge is -2.34. The third-order valence-electron chi connectivity index (χ3n) is 9.03. The Bertz CT molecular complexity index is 1760. The predicted octanol–water partition coefficient (Wildman–Crippen LogP) is 10.0. The van der Waals surface area contributed by atoms with Gasteiger partial charge < -0.3 is 15.2 Å². The highest BCUT2D eigenvalue weighted by atomic mass is 15.2. The third-order valence-corrected chi connectivity index (χ3v) is 9.03. The summed E-state index contributed by atoms with van der Waals surface area (Å²) in [7, 11) is 2.13. The van der Waals surface area contributed by atoms with Gasteiger partial charge in [-0.2, -0.15) is 0 Å². The van der Waals surface area contributed by atoms with Gasteiger partial charge in [0.15, 0.2) is 0 Å². The van der Waals surface area contributed by atoms with Crippen molar-refractivity contribution < 1.29 is 0 Å². The van der Waals surface area contributed by atoms with Crippen LogP contribution in [0.15, 0.2) is 66.7 Å². The van der Waals surface area contributed by atoms with E-state index in [1.165, 1.54) is 63.3 Å². The van der Waals surface area contributed by atoms with E-state index in [0.717, 1.165) is 41.0 Å². The number of nitrogens with zero attached hydrogens (tertiary/aromatic N) is 3. The second-order valence-corrected chi connectivity index (χ2v) is 12.8. The number of aryl methyl sites for hydroxylation is 4. The molecule has 42 heavy (non-hydrogen) atoms. The van der Waals surface area contributed by atoms with Gasteiger partial charge in [0.2, 0.25) is 0 Å². The molecule has 1 aliphatic carbocycles. The van der Waals surface area contributed by atoms with Crippen LogP contribution in [0.5, 0.6) is 0 Å². The summed E-state index contributed by atoms with van der Waals surface area (Å²) in [6.07, 6.45) is 4.59. The first-order valence-corrected chi connectivity index (χ1v) is 15.5. The summed E-state index contributed by atoms with van der Waals surface area (Å²) in [5.41, 5.74) is 22.2. The quantitative estimate of drug-likeness (QED) is 0.212. The van der Waals surface area contributed by atoms with Crippen molar-refractivity contribution in [3.05, 3.63) is 100 Å². The van der Waals surface area contributed by atoms with Crippen molar-refractivity contribution in [2.75, 3.05) is 10.6 Å². The SMILES string of the molecule is Cc1cc(N)c2nc(-c3cc(N(c4ccccc4C)c4c(C(C)C)cccc4C(C)C)cc4c3CCCC4)n(C)c2c1. The molecule has 2 N–H and O–H groups in total. The summed E-state index contributed by atoms with van der Waals surface area (Å²) in [5, 5.41) is 0. The summed E-state index contributed by atoms with van der Waals surface area (Å²) in [5.74, 6) is 1.76. The van der Waals surface area contributed by atoms with E-state index in [-0.39, 0.29) is 0 Å². The summed E-state index contributed by atoms with van der Waals surface area (Å²) in [6, 6.07) is 24.8. The average Bonchev–Trinajstić information content (AvgIpc) is 3.29. The number of fused-ring (bicyclic) bond motifs is 2. The molecule has 4 heteroatoms. The van der Waals surface area contributed by atoms with Gasteiger partial charge in [0.1, 0.15) is 11.3 Å². The smallest absolute Gasteiger partial charge is 0.141 e. The number of hydrogen-bond acceptors (Lipinski definition) is 3. The topological polar surface area (TPSA) is 47.1 Å². The number of anilines is 4. The molecular formula is C38H44N4. The highest BCUT2D eigenvalue weighted by molar-refractivity contribution is 5.92. The van der Waals surface area contributed by atoms with Gasteiger partial charge in [0.05, 0.1) is 16.9 Å². The molecule has 0 aliphatic heterocycles. The normalized spacial score (nSPS) is 13.3. The second-order valence-electron chi connectivity index (χ2n) is 12.8. The van der Waals surface area contributed by atoms with Gasteiger partial charge in [-0.3, -0.25) is 0 Å². The Morgan fingerprint density at radius 1 is 0.833 bits per heavy atom. The molecule has 4 nitrogen and oxygen atoms in total. The third kappa shape index (κ3) is 4.77. The molecule has 0 amide bonds. The fraction of sp³-hybridized carbons (Fsp3) is 0.342. The van der Waals surface area contributed by atoms with Crippen LogP contribution in [-0.2, 0) is 19.9 Å². The number of nitrogen functional groups attached to an aromatic ring is 1. The number of hydrogen-bond donors (Lipinski definition) is 1. The van der Waals surface area contributed by atoms with Gasteiger partial charge in [-0.15, -0.1) is 0 Å². The van der Waals surface area contributed by atoms with Gasteiger partial charge in [-0.25, -0.2) is 4.98 Å². The van der Waals surface area contributed by atoms with E-state index in [2.05, 4.69) is 119 Å². The molecule has 0 spiro atoms. The van der Waals surface area contributed by atoms with E-state index in [4.69, 9.17) is 10.7 Å². The summed E-state index contributed by atoms with van der Waals surface area (Å²) in [4.78, 5) is 7.75. The van der Waals surface area contributed by atoms with Gasteiger partial charge in [-0.1, -0.05) is 64.1 Å². The minimum Gasteiger partial charge on any atom is -0.397 e. The molecule has 216 valence electrons. The Balaban J connectivity index is 1.69. The van der Waals surface area contributed by atoms with Crippen LogP contribution >= 0.6 is 0 Å². The van der Waals surface area contributed by atoms with Crippen molar-refractivity contribution in [1.82, 2.24) is 9.55 Å². The lowest BCUT2D eigenvalue weighted by molar-refractivity contribution is 0.686. The van der Waals surface area contributed by atoms with E-state index in [1.54, 1.807) is 0 Å². The minimum absolute atomic E-state index is 0.383. The fourth-order valence-electron chi connectivity index (χ4n) is 6.85. The van der Waals surface area contributed by atoms with Crippen LogP contribution in [0.1, 0.15) is 85.8 Å². The second kappa shape index (κ2) is 11.0. The highest BCUT2D eigenvalue weighted by Gasteiger charge is 2.27. The Kier molecular flexibility index (Phi) is 7.34. The van der Waals surface area contributed by atoms with Crippen molar-refractivity contribution in [1.29, 1.82) is 0 Å². The van der Waals surface area contributed by atoms with Crippen LogP contribution in [0.3, 0.4) is 0 Å². The molecule has 6 rings (SSSR count). The maximum absolute atomic E-state index is 6.51. The molecule has 0 saturated heterocycles. The van der Waals surface area contributed by atoms with Crippen LogP contribution in [0.4, 0.5) is 22.7 Å². The number of imidazole rings is 1. The van der Waals surface area contributed by atoms with Crippen molar-refractivity contribution >= 4 is 33.8 Å². The Morgan fingerprint density at radius 2 is 1.52 bits per heavy atom. The molecule has 0 unspecified atom stereocenters. The molecule has 0 radical (unpaired) electrons. The molecule has 1 heterocycles. The van der Waals surface area contributed by atoms with Crippen molar-refractivity contribution in [2.45, 2.75) is 79.1 Å². The predicted molar refractivity (Wildman–Crippen MR) is 180 cm³/mol. The lowest BCUT2D eigenvalue weighted by Crippen LogP contribution is -2.18. The van der Waals surface area contributed by atoms with Crippen LogP contribution < -0.4 is 10.6 Å². The van der Waals surface area contributed by atoms with E-state index in [1.807, 2.05) is 6.07 Å². The van der Waals surface area contributed by atoms with Crippen molar-refractivity contribution in [2.24, 2.45) is 7.05 Å². The molecule has 1 aliphatic rings. The summed E-state index contributed by atoms with van der Waals surface area (Å²) >= 11 is 0. The Hall–Kier alpha value is -4.05. The first kappa shape index (κ1) is 28.1. The Labute approximate surface area is 251 Å². The van der Waals surface area contributed by atoms with Crippen LogP contribution in [0.25, 0.3) is 22.4 Å². The molecule has 0 bridgehead atoms. The lowest BCUT2D eigenvalue weighted by atomic mass is 9.86. The van der Waals surface area contributed by atoms with Gasteiger partial charge >= 0.3 is 0 Å². The van der Waals surface area contributed by atoms with Gasteiger partial charge in [0, 0.05) is 24.0 Å². The first-order valence-electron chi connectivity index (χ1n) is 15.5. The van der Waals surface area contributed by atoms with Crippen LogP contribution in [0, 0.1) is 13.8 Å². The van der Waals surface area contributed by atoms with Crippen LogP contribution in [0.2, 0.25) is 0 Å². The summed E-state index contributed by atoms with van der Waals surface area (Å²) < 4.78 is 2.24. The molecule has 5 aromatic rings. The molecule has 0 atom stereocenters. The number of nitrogens with two attached hydrogens (primary N) is 1. The molecule has 0 fully saturated rings. The maximum atomic E-state index is 6.51. The fourth-order valence-corrected chi connectivity index (χ4v) is 6.85. The highest BCUT2D eigenvalue weighted by Crippen LogP contribution is 2.47. The zero-order valence-electron chi connectivity index (χ0n) is 26.3. The zero-order valence-corrected chi connectivity index (χ0v) is 26.3. The van der Waals surface area contributed by atoms with Crippen molar-refractivity contribution in [3.8, 4) is 11.4 Å². The first-order chi connectivity index (χ1) is 20.2. The molecule has 0 saturated carbocycles. The van der Waals surface area contributed by atoms with Crippen LogP contribution in [-0.4, -0.2) is 9.55 Å². The monoisotopic (exact) mass is 556 g/mol.